The van der Waals surface area contributed by atoms with Crippen molar-refractivity contribution >= 4 is 129 Å². The molecule has 0 aliphatic heterocycles. The first-order valence-corrected chi connectivity index (χ1v) is 39.3. The van der Waals surface area contributed by atoms with Gasteiger partial charge in [0.2, 0.25) is 0 Å². The molecule has 18 aromatic rings. The summed E-state index contributed by atoms with van der Waals surface area (Å²) in [6, 6.07) is 149. The molecule has 0 unspecified atom stereocenters. The van der Waals surface area contributed by atoms with Gasteiger partial charge in [0.15, 0.2) is 0 Å². The number of fused-ring (bicyclic) bond motifs is 3. The third-order valence-corrected chi connectivity index (χ3v) is 21.5. The van der Waals surface area contributed by atoms with Gasteiger partial charge in [0.1, 0.15) is 5.75 Å². The van der Waals surface area contributed by atoms with Crippen LogP contribution in [0, 0.1) is 20.2 Å². The summed E-state index contributed by atoms with van der Waals surface area (Å²) in [5, 5.41) is 29.5. The van der Waals surface area contributed by atoms with E-state index in [-0.39, 0.29) is 21.2 Å². The third-order valence-electron chi connectivity index (χ3n) is 21.5. The van der Waals surface area contributed by atoms with E-state index in [0.717, 1.165) is 113 Å². The fourth-order valence-electron chi connectivity index (χ4n) is 15.2. The van der Waals surface area contributed by atoms with Crippen molar-refractivity contribution in [1.29, 1.82) is 0 Å². The molecule has 0 saturated carbocycles. The van der Waals surface area contributed by atoms with Gasteiger partial charge in [-0.2, -0.15) is 0 Å². The maximum atomic E-state index is 11.3. The lowest BCUT2D eigenvalue weighted by Crippen LogP contribution is -2.12. The Kier molecular flexibility index (Phi) is 23.1. The summed E-state index contributed by atoms with van der Waals surface area (Å²) in [5.41, 5.74) is 22.6. The summed E-state index contributed by atoms with van der Waals surface area (Å²) in [6.07, 6.45) is 0. The maximum Gasteiger partial charge on any atom is 0.271 e. The lowest BCUT2D eigenvalue weighted by molar-refractivity contribution is -0.385. The van der Waals surface area contributed by atoms with Gasteiger partial charge in [-0.25, -0.2) is 0 Å². The van der Waals surface area contributed by atoms with Crippen molar-refractivity contribution in [2.24, 2.45) is 0 Å². The fourth-order valence-corrected chi connectivity index (χ4v) is 15.2. The normalized spacial score (nSPS) is 10.8. The van der Waals surface area contributed by atoms with Crippen LogP contribution < -0.4 is 34.1 Å². The molecule has 0 spiro atoms. The number of benzene rings is 18. The number of hydrogen-bond acceptors (Lipinski definition) is 11. The number of rotatable bonds is 21. The van der Waals surface area contributed by atoms with E-state index in [1.54, 1.807) is 31.4 Å². The van der Waals surface area contributed by atoms with Crippen LogP contribution in [-0.4, -0.2) is 38.1 Å². The molecule has 0 saturated heterocycles. The molecule has 13 heteroatoms. The lowest BCUT2D eigenvalue weighted by atomic mass is 10.0. The molecule has 18 rings (SSSR count). The average molecular weight is 1550 g/mol. The number of non-ortho nitro benzene ring substituents is 2. The van der Waals surface area contributed by atoms with Crippen molar-refractivity contribution in [2.75, 3.05) is 57.7 Å². The molecule has 0 amide bonds. The predicted octanol–water partition coefficient (Wildman–Crippen LogP) is 29.1. The zero-order valence-electron chi connectivity index (χ0n) is 66.2. The van der Waals surface area contributed by atoms with Crippen LogP contribution in [0.3, 0.4) is 0 Å². The average Bonchev–Trinajstić information content (AvgIpc) is 0.781. The summed E-state index contributed by atoms with van der Waals surface area (Å²) in [6.45, 7) is 0. The summed E-state index contributed by atoms with van der Waals surface area (Å²) in [7, 11) is 7.65. The number of nitro benzene ring substituents is 2. The Labute approximate surface area is 693 Å². The van der Waals surface area contributed by atoms with Crippen molar-refractivity contribution in [3.63, 3.8) is 0 Å². The Morgan fingerprint density at radius 3 is 0.824 bits per heavy atom. The lowest BCUT2D eigenvalue weighted by Gasteiger charge is -2.28. The maximum absolute atomic E-state index is 11.3. The summed E-state index contributed by atoms with van der Waals surface area (Å²) < 4.78 is 5.43. The number of methoxy groups -OCH3 is 1. The molecule has 578 valence electrons. The molecular weight excluding hydrogens is 1470 g/mol. The Morgan fingerprint density at radius 1 is 0.218 bits per heavy atom. The predicted molar refractivity (Wildman–Crippen MR) is 496 cm³/mol. The molecule has 0 atom stereocenters. The standard InChI is InChI=1S/C36H30N2O.2C35H27N3O2/c1-37(32-16-10-18-34(26-32)39-2)30-21-23-31(24-22-30)38(36-20-9-14-28-13-6-7-19-35(28)36)33-17-8-15-29(25-33)27-11-4-3-5-12-27;1-36(31-15-9-17-33(25-31)38(39)40)29-20-22-30(23-21-29)37(35-19-8-13-27-12-5-6-18-34(27)35)32-16-7-14-28(24-32)26-10-3-2-4-11-26;1-36(30-19-23-32(24-20-30)38(39)40)29-17-21-31(22-18-29)37(35-16-8-12-27-11-5-6-15-34(27)35)33-14-7-13-28(25-33)26-9-3-2-4-10-26/h3-26H,1-2H3;2*2-25H,1H3. The molecule has 0 aromatic heterocycles. The van der Waals surface area contributed by atoms with Crippen LogP contribution in [0.4, 0.5) is 96.7 Å². The Hall–Kier alpha value is -15.9. The van der Waals surface area contributed by atoms with Crippen molar-refractivity contribution in [3.8, 4) is 39.1 Å². The number of ether oxygens (including phenoxy) is 1. The summed E-state index contributed by atoms with van der Waals surface area (Å²) >= 11 is 0. The van der Waals surface area contributed by atoms with Crippen molar-refractivity contribution in [3.05, 3.63) is 457 Å². The van der Waals surface area contributed by atoms with Crippen LogP contribution in [0.15, 0.2) is 437 Å². The smallest absolute Gasteiger partial charge is 0.271 e. The quantitative estimate of drug-likeness (QED) is 0.0506. The van der Waals surface area contributed by atoms with Crippen molar-refractivity contribution in [2.45, 2.75) is 0 Å². The molecule has 0 bridgehead atoms. The Balaban J connectivity index is 0.000000133. The van der Waals surface area contributed by atoms with E-state index >= 15 is 0 Å². The van der Waals surface area contributed by atoms with Gasteiger partial charge in [-0.05, 0) is 207 Å². The highest BCUT2D eigenvalue weighted by Gasteiger charge is 2.22. The van der Waals surface area contributed by atoms with Crippen molar-refractivity contribution < 1.29 is 14.6 Å². The molecule has 13 nitrogen and oxygen atoms in total. The molecule has 0 N–H and O–H groups in total. The first kappa shape index (κ1) is 77.1. The molecule has 0 aliphatic rings. The number of hydrogen-bond donors (Lipinski definition) is 0. The van der Waals surface area contributed by atoms with Crippen LogP contribution in [-0.2, 0) is 0 Å². The number of anilines is 15. The van der Waals surface area contributed by atoms with Gasteiger partial charge in [0.05, 0.1) is 34.0 Å². The number of nitro groups is 2. The molecule has 0 radical (unpaired) electrons. The molecule has 18 aromatic carbocycles. The Bertz CT molecular complexity index is 6540. The van der Waals surface area contributed by atoms with Crippen LogP contribution in [0.2, 0.25) is 0 Å². The minimum Gasteiger partial charge on any atom is -0.497 e. The van der Waals surface area contributed by atoms with E-state index in [1.807, 2.05) is 72.4 Å². The SMILES string of the molecule is CN(c1ccc(N(c2cccc(-c3ccccc3)c2)c2cccc3ccccc23)cc1)c1ccc([N+](=O)[O-])cc1.CN(c1ccc(N(c2cccc(-c3ccccc3)c2)c2cccc3ccccc23)cc1)c1cccc([N+](=O)[O-])c1.COc1cccc(N(C)c2ccc(N(c3cccc(-c4ccccc4)c3)c3cccc4ccccc34)cc2)c1. The first-order valence-electron chi connectivity index (χ1n) is 39.3. The van der Waals surface area contributed by atoms with Crippen LogP contribution >= 0.6 is 0 Å². The molecular formula is C106H84N8O5. The second-order valence-corrected chi connectivity index (χ2v) is 28.7. The van der Waals surface area contributed by atoms with Crippen LogP contribution in [0.1, 0.15) is 0 Å². The monoisotopic (exact) mass is 1550 g/mol. The second-order valence-electron chi connectivity index (χ2n) is 28.7. The minimum absolute atomic E-state index is 0.0707. The zero-order valence-corrected chi connectivity index (χ0v) is 66.2. The van der Waals surface area contributed by atoms with E-state index in [0.29, 0.717) is 0 Å². The topological polar surface area (TPSA) is 115 Å². The second kappa shape index (κ2) is 35.7. The largest absolute Gasteiger partial charge is 0.497 e. The van der Waals surface area contributed by atoms with Crippen molar-refractivity contribution in [1.82, 2.24) is 0 Å². The minimum atomic E-state index is -0.382. The van der Waals surface area contributed by atoms with Gasteiger partial charge in [-0.3, -0.25) is 20.2 Å². The van der Waals surface area contributed by atoms with Gasteiger partial charge >= 0.3 is 0 Å². The molecule has 0 aliphatic carbocycles. The fraction of sp³-hybridized carbons (Fsp3) is 0.0377. The van der Waals surface area contributed by atoms with Gasteiger partial charge in [0, 0.05) is 136 Å². The zero-order chi connectivity index (χ0) is 81.6. The van der Waals surface area contributed by atoms with Crippen LogP contribution in [0.25, 0.3) is 65.7 Å². The van der Waals surface area contributed by atoms with E-state index in [2.05, 4.69) is 372 Å². The van der Waals surface area contributed by atoms with Gasteiger partial charge in [-0.15, -0.1) is 0 Å². The van der Waals surface area contributed by atoms with E-state index in [1.165, 1.54) is 61.8 Å². The molecule has 0 heterocycles. The highest BCUT2D eigenvalue weighted by Crippen LogP contribution is 2.46. The van der Waals surface area contributed by atoms with E-state index in [4.69, 9.17) is 4.74 Å². The highest BCUT2D eigenvalue weighted by atomic mass is 16.6. The van der Waals surface area contributed by atoms with Gasteiger partial charge < -0.3 is 34.1 Å². The molecule has 119 heavy (non-hydrogen) atoms. The van der Waals surface area contributed by atoms with Gasteiger partial charge in [0.25, 0.3) is 11.4 Å². The van der Waals surface area contributed by atoms with E-state index in [9.17, 15) is 20.2 Å². The summed E-state index contributed by atoms with van der Waals surface area (Å²) in [5.74, 6) is 0.844. The third kappa shape index (κ3) is 17.3. The number of nitrogens with zero attached hydrogens (tertiary/aromatic N) is 8. The van der Waals surface area contributed by atoms with Crippen LogP contribution in [0.5, 0.6) is 5.75 Å². The molecule has 0 fully saturated rings. The van der Waals surface area contributed by atoms with Gasteiger partial charge in [-0.1, -0.05) is 249 Å². The van der Waals surface area contributed by atoms with E-state index < -0.39 is 0 Å². The first-order chi connectivity index (χ1) is 58.4. The summed E-state index contributed by atoms with van der Waals surface area (Å²) in [4.78, 5) is 34.7. The Morgan fingerprint density at radius 2 is 0.479 bits per heavy atom. The highest BCUT2D eigenvalue weighted by molar-refractivity contribution is 6.02.